The van der Waals surface area contributed by atoms with Crippen molar-refractivity contribution in [3.8, 4) is 0 Å². The largest absolute Gasteiger partial charge is 0.308 e. The van der Waals surface area contributed by atoms with Crippen molar-refractivity contribution in [2.24, 2.45) is 0 Å². The summed E-state index contributed by atoms with van der Waals surface area (Å²) in [5, 5.41) is 0.712. The van der Waals surface area contributed by atoms with Crippen LogP contribution in [0.3, 0.4) is 0 Å². The Labute approximate surface area is 114 Å². The Morgan fingerprint density at radius 2 is 2.11 bits per heavy atom. The van der Waals surface area contributed by atoms with E-state index in [2.05, 4.69) is 4.90 Å². The fourth-order valence-electron chi connectivity index (χ4n) is 2.98. The molecule has 1 saturated carbocycles. The molecule has 0 aromatic heterocycles. The quantitative estimate of drug-likeness (QED) is 0.836. The number of benzene rings is 1. The number of Topliss-reactive ketones (excluding diaryl/α,β-unsaturated/α-hetero) is 1. The van der Waals surface area contributed by atoms with Crippen molar-refractivity contribution in [2.45, 2.75) is 31.1 Å². The molecule has 0 heterocycles. The highest BCUT2D eigenvalue weighted by Gasteiger charge is 2.41. The molecule has 0 N–H and O–H groups in total. The van der Waals surface area contributed by atoms with E-state index < -0.39 is 0 Å². The number of ketones is 1. The third-order valence-electron chi connectivity index (χ3n) is 3.75. The summed E-state index contributed by atoms with van der Waals surface area (Å²) in [4.78, 5) is 14.6. The van der Waals surface area contributed by atoms with Gasteiger partial charge in [-0.25, -0.2) is 0 Å². The zero-order valence-electron chi connectivity index (χ0n) is 11.1. The summed E-state index contributed by atoms with van der Waals surface area (Å²) in [6.07, 6.45) is 3.77. The van der Waals surface area contributed by atoms with Crippen molar-refractivity contribution in [2.75, 3.05) is 20.6 Å². The molecule has 1 fully saturated rings. The summed E-state index contributed by atoms with van der Waals surface area (Å²) in [6, 6.07) is 7.80. The zero-order chi connectivity index (χ0) is 13.2. The predicted molar refractivity (Wildman–Crippen MR) is 75.2 cm³/mol. The summed E-state index contributed by atoms with van der Waals surface area (Å²) in [7, 11) is 4.04. The van der Waals surface area contributed by atoms with E-state index in [4.69, 9.17) is 11.6 Å². The van der Waals surface area contributed by atoms with Crippen LogP contribution in [0.4, 0.5) is 0 Å². The Balaban J connectivity index is 2.44. The molecule has 2 nitrogen and oxygen atoms in total. The van der Waals surface area contributed by atoms with Crippen LogP contribution in [-0.2, 0) is 10.2 Å². The second-order valence-corrected chi connectivity index (χ2v) is 5.90. The van der Waals surface area contributed by atoms with Gasteiger partial charge in [-0.15, -0.1) is 0 Å². The van der Waals surface area contributed by atoms with Crippen LogP contribution in [0.5, 0.6) is 0 Å². The normalized spacial score (nSPS) is 24.6. The number of hydrogen-bond acceptors (Lipinski definition) is 2. The van der Waals surface area contributed by atoms with Crippen LogP contribution in [0, 0.1) is 0 Å². The molecule has 0 bridgehead atoms. The Morgan fingerprint density at radius 3 is 2.72 bits per heavy atom. The smallest absolute Gasteiger partial charge is 0.144 e. The first-order valence-electron chi connectivity index (χ1n) is 6.49. The van der Waals surface area contributed by atoms with Gasteiger partial charge in [0.05, 0.1) is 5.41 Å². The standard InChI is InChI=1S/C15H20ClNO/c1-17(2)11-15(9-4-3-8-14(15)18)12-6-5-7-13(16)10-12/h5-7,10H,3-4,8-9,11H2,1-2H3. The number of rotatable bonds is 3. The van der Waals surface area contributed by atoms with Crippen LogP contribution >= 0.6 is 11.6 Å². The number of carbonyl (C=O) groups is 1. The Bertz CT molecular complexity index is 444. The molecule has 1 aliphatic rings. The molecule has 98 valence electrons. The minimum absolute atomic E-state index is 0.355. The lowest BCUT2D eigenvalue weighted by Crippen LogP contribution is -2.46. The van der Waals surface area contributed by atoms with Crippen molar-refractivity contribution in [3.05, 3.63) is 34.9 Å². The van der Waals surface area contributed by atoms with Crippen LogP contribution in [0.2, 0.25) is 5.02 Å². The van der Waals surface area contributed by atoms with Crippen molar-refractivity contribution in [3.63, 3.8) is 0 Å². The molecule has 0 saturated heterocycles. The molecular weight excluding hydrogens is 246 g/mol. The van der Waals surface area contributed by atoms with Crippen LogP contribution in [0.1, 0.15) is 31.2 Å². The first-order valence-corrected chi connectivity index (χ1v) is 6.86. The summed E-state index contributed by atoms with van der Waals surface area (Å²) in [6.45, 7) is 0.770. The molecule has 0 amide bonds. The number of halogens is 1. The lowest BCUT2D eigenvalue weighted by Gasteiger charge is -2.38. The topological polar surface area (TPSA) is 20.3 Å². The third-order valence-corrected chi connectivity index (χ3v) is 3.99. The van der Waals surface area contributed by atoms with E-state index in [0.717, 1.165) is 31.4 Å². The van der Waals surface area contributed by atoms with Gasteiger partial charge in [0.25, 0.3) is 0 Å². The van der Waals surface area contributed by atoms with E-state index in [0.29, 0.717) is 17.2 Å². The van der Waals surface area contributed by atoms with Crippen molar-refractivity contribution in [1.82, 2.24) is 4.90 Å². The lowest BCUT2D eigenvalue weighted by molar-refractivity contribution is -0.127. The van der Waals surface area contributed by atoms with Crippen LogP contribution in [0.15, 0.2) is 24.3 Å². The number of likely N-dealkylation sites (N-methyl/N-ethyl adjacent to an activating group) is 1. The van der Waals surface area contributed by atoms with E-state index in [1.165, 1.54) is 0 Å². The van der Waals surface area contributed by atoms with Crippen molar-refractivity contribution >= 4 is 17.4 Å². The molecule has 2 rings (SSSR count). The maximum atomic E-state index is 12.5. The minimum atomic E-state index is -0.355. The fraction of sp³-hybridized carbons (Fsp3) is 0.533. The maximum Gasteiger partial charge on any atom is 0.144 e. The van der Waals surface area contributed by atoms with Gasteiger partial charge in [0.2, 0.25) is 0 Å². The van der Waals surface area contributed by atoms with E-state index in [9.17, 15) is 4.79 Å². The van der Waals surface area contributed by atoms with Gasteiger partial charge in [0, 0.05) is 18.0 Å². The SMILES string of the molecule is CN(C)CC1(c2cccc(Cl)c2)CCCCC1=O. The Morgan fingerprint density at radius 1 is 1.33 bits per heavy atom. The van der Waals surface area contributed by atoms with Gasteiger partial charge in [-0.3, -0.25) is 4.79 Å². The van der Waals surface area contributed by atoms with E-state index in [1.807, 2.05) is 38.4 Å². The number of carbonyl (C=O) groups excluding carboxylic acids is 1. The first-order chi connectivity index (χ1) is 8.54. The minimum Gasteiger partial charge on any atom is -0.308 e. The Kier molecular flexibility index (Phi) is 4.08. The molecule has 1 aromatic carbocycles. The summed E-state index contributed by atoms with van der Waals surface area (Å²) < 4.78 is 0. The lowest BCUT2D eigenvalue weighted by atomic mass is 9.68. The van der Waals surface area contributed by atoms with Gasteiger partial charge in [0.1, 0.15) is 5.78 Å². The molecule has 3 heteroatoms. The molecule has 1 aliphatic carbocycles. The van der Waals surface area contributed by atoms with E-state index in [1.54, 1.807) is 0 Å². The van der Waals surface area contributed by atoms with Crippen LogP contribution < -0.4 is 0 Å². The Hall–Kier alpha value is -0.860. The molecule has 1 aromatic rings. The summed E-state index contributed by atoms with van der Waals surface area (Å²) in [5.74, 6) is 0.365. The summed E-state index contributed by atoms with van der Waals surface area (Å²) >= 11 is 6.09. The highest BCUT2D eigenvalue weighted by atomic mass is 35.5. The highest BCUT2D eigenvalue weighted by molar-refractivity contribution is 6.30. The molecule has 0 radical (unpaired) electrons. The monoisotopic (exact) mass is 265 g/mol. The van der Waals surface area contributed by atoms with Crippen molar-refractivity contribution in [1.29, 1.82) is 0 Å². The maximum absolute atomic E-state index is 12.5. The molecule has 18 heavy (non-hydrogen) atoms. The molecule has 1 atom stereocenters. The van der Waals surface area contributed by atoms with E-state index in [-0.39, 0.29) is 5.41 Å². The number of nitrogens with zero attached hydrogens (tertiary/aromatic N) is 1. The van der Waals surface area contributed by atoms with E-state index >= 15 is 0 Å². The van der Waals surface area contributed by atoms with Crippen LogP contribution in [0.25, 0.3) is 0 Å². The van der Waals surface area contributed by atoms with Gasteiger partial charge < -0.3 is 4.90 Å². The molecule has 1 unspecified atom stereocenters. The van der Waals surface area contributed by atoms with Gasteiger partial charge in [-0.05, 0) is 44.6 Å². The average molecular weight is 266 g/mol. The highest BCUT2D eigenvalue weighted by Crippen LogP contribution is 2.38. The van der Waals surface area contributed by atoms with Crippen molar-refractivity contribution < 1.29 is 4.79 Å². The molecule has 0 aliphatic heterocycles. The van der Waals surface area contributed by atoms with Gasteiger partial charge >= 0.3 is 0 Å². The van der Waals surface area contributed by atoms with Gasteiger partial charge in [-0.2, -0.15) is 0 Å². The zero-order valence-corrected chi connectivity index (χ0v) is 11.8. The molecule has 0 spiro atoms. The van der Waals surface area contributed by atoms with Gasteiger partial charge in [0.15, 0.2) is 0 Å². The van der Waals surface area contributed by atoms with Crippen LogP contribution in [-0.4, -0.2) is 31.3 Å². The second kappa shape index (κ2) is 5.41. The predicted octanol–water partition coefficient (Wildman–Crippen LogP) is 3.28. The fourth-order valence-corrected chi connectivity index (χ4v) is 3.17. The molecular formula is C15H20ClNO. The number of hydrogen-bond donors (Lipinski definition) is 0. The first kappa shape index (κ1) is 13.6. The average Bonchev–Trinajstić information content (AvgIpc) is 2.31. The third kappa shape index (κ3) is 2.60. The second-order valence-electron chi connectivity index (χ2n) is 5.46. The van der Waals surface area contributed by atoms with Gasteiger partial charge in [-0.1, -0.05) is 30.2 Å². The summed E-state index contributed by atoms with van der Waals surface area (Å²) in [5.41, 5.74) is 0.723.